The minimum atomic E-state index is 0.392. The quantitative estimate of drug-likeness (QED) is 0.524. The van der Waals surface area contributed by atoms with Crippen molar-refractivity contribution in [3.8, 4) is 0 Å². The van der Waals surface area contributed by atoms with Gasteiger partial charge in [-0.2, -0.15) is 0 Å². The monoisotopic (exact) mass is 203 g/mol. The minimum absolute atomic E-state index is 0.392. The Hall–Kier alpha value is 0.539. The summed E-state index contributed by atoms with van der Waals surface area (Å²) in [5.41, 5.74) is 0.392. The standard InChI is InChI=1S/C6H11.Sn/c1-5-6(2,3)4;/h1,5H,2-4H3;. The molecule has 0 aliphatic carbocycles. The molecule has 0 heterocycles. The average Bonchev–Trinajstić information content (AvgIpc) is 1.30. The Morgan fingerprint density at radius 1 is 1.29 bits per heavy atom. The van der Waals surface area contributed by atoms with Gasteiger partial charge < -0.3 is 0 Å². The van der Waals surface area contributed by atoms with Crippen molar-refractivity contribution in [2.45, 2.75) is 20.8 Å². The van der Waals surface area contributed by atoms with Crippen LogP contribution in [0.15, 0.2) is 10.2 Å². The summed E-state index contributed by atoms with van der Waals surface area (Å²) in [7, 11) is 0. The van der Waals surface area contributed by atoms with E-state index in [2.05, 4.69) is 30.9 Å². The molecule has 0 nitrogen and oxygen atoms in total. The van der Waals surface area contributed by atoms with Gasteiger partial charge >= 0.3 is 58.9 Å². The molecule has 0 amide bonds. The predicted octanol–water partition coefficient (Wildman–Crippen LogP) is 1.71. The van der Waals surface area contributed by atoms with Crippen molar-refractivity contribution >= 4 is 22.5 Å². The maximum atomic E-state index is 2.23. The predicted molar refractivity (Wildman–Crippen MR) is 34.3 cm³/mol. The summed E-state index contributed by atoms with van der Waals surface area (Å²) in [6, 6.07) is 0. The summed E-state index contributed by atoms with van der Waals surface area (Å²) in [6.45, 7) is 6.61. The second kappa shape index (κ2) is 2.75. The van der Waals surface area contributed by atoms with Gasteiger partial charge in [-0.15, -0.1) is 0 Å². The molecule has 3 radical (unpaired) electrons. The van der Waals surface area contributed by atoms with E-state index in [4.69, 9.17) is 0 Å². The second-order valence-corrected chi connectivity index (χ2v) is 3.65. The fourth-order valence-electron chi connectivity index (χ4n) is 0.250. The van der Waals surface area contributed by atoms with Crippen LogP contribution in [0.2, 0.25) is 0 Å². The van der Waals surface area contributed by atoms with Crippen LogP contribution in [-0.2, 0) is 0 Å². The first-order valence-electron chi connectivity index (χ1n) is 2.41. The fraction of sp³-hybridized carbons (Fsp3) is 0.667. The number of hydrogen-bond acceptors (Lipinski definition) is 0. The van der Waals surface area contributed by atoms with Crippen molar-refractivity contribution < 1.29 is 0 Å². The van der Waals surface area contributed by atoms with Gasteiger partial charge in [-0.3, -0.25) is 0 Å². The van der Waals surface area contributed by atoms with Crippen LogP contribution in [0.4, 0.5) is 0 Å². The van der Waals surface area contributed by atoms with Crippen molar-refractivity contribution in [2.75, 3.05) is 0 Å². The maximum absolute atomic E-state index is 2.23. The van der Waals surface area contributed by atoms with Crippen molar-refractivity contribution in [1.82, 2.24) is 0 Å². The normalized spacial score (nSPS) is 13.1. The molecule has 0 unspecified atom stereocenters. The van der Waals surface area contributed by atoms with Gasteiger partial charge in [0.05, 0.1) is 0 Å². The zero-order valence-electron chi connectivity index (χ0n) is 5.15. The molecule has 0 fully saturated rings. The molecular formula is C6H11Sn. The molecule has 0 spiro atoms. The van der Waals surface area contributed by atoms with E-state index in [0.717, 1.165) is 0 Å². The molecule has 0 aliphatic rings. The SMILES string of the molecule is CC(C)(C)C=[CH][Sn]. The number of rotatable bonds is 0. The van der Waals surface area contributed by atoms with Crippen molar-refractivity contribution in [1.29, 1.82) is 0 Å². The molecule has 0 aromatic carbocycles. The average molecular weight is 202 g/mol. The van der Waals surface area contributed by atoms with Gasteiger partial charge in [0.1, 0.15) is 0 Å². The van der Waals surface area contributed by atoms with E-state index in [1.54, 1.807) is 0 Å². The van der Waals surface area contributed by atoms with E-state index in [9.17, 15) is 0 Å². The Kier molecular flexibility index (Phi) is 2.96. The molecule has 0 N–H and O–H groups in total. The van der Waals surface area contributed by atoms with Crippen LogP contribution in [0, 0.1) is 5.41 Å². The Bertz CT molecular complexity index is 66.7. The molecule has 0 aromatic heterocycles. The van der Waals surface area contributed by atoms with Crippen LogP contribution < -0.4 is 0 Å². The summed E-state index contributed by atoms with van der Waals surface area (Å²) < 4.78 is 2.17. The van der Waals surface area contributed by atoms with E-state index in [0.29, 0.717) is 5.41 Å². The van der Waals surface area contributed by atoms with E-state index < -0.39 is 0 Å². The van der Waals surface area contributed by atoms with Gasteiger partial charge in [-0.25, -0.2) is 0 Å². The van der Waals surface area contributed by atoms with Crippen LogP contribution in [-0.4, -0.2) is 22.5 Å². The van der Waals surface area contributed by atoms with Crippen LogP contribution in [0.1, 0.15) is 20.8 Å². The summed E-state index contributed by atoms with van der Waals surface area (Å²) in [5.74, 6) is 0. The molecule has 0 aliphatic heterocycles. The summed E-state index contributed by atoms with van der Waals surface area (Å²) in [6.07, 6.45) is 2.23. The molecule has 0 bridgehead atoms. The van der Waals surface area contributed by atoms with Crippen LogP contribution in [0.5, 0.6) is 0 Å². The zero-order chi connectivity index (χ0) is 5.91. The first kappa shape index (κ1) is 7.54. The molecule has 0 aromatic rings. The third-order valence-electron chi connectivity index (χ3n) is 0.583. The molecule has 0 saturated carbocycles. The summed E-state index contributed by atoms with van der Waals surface area (Å²) in [5, 5.41) is 0. The molecule has 0 atom stereocenters. The number of hydrogen-bond donors (Lipinski definition) is 0. The van der Waals surface area contributed by atoms with E-state index in [-0.39, 0.29) is 0 Å². The topological polar surface area (TPSA) is 0 Å². The van der Waals surface area contributed by atoms with Gasteiger partial charge in [-0.05, 0) is 0 Å². The van der Waals surface area contributed by atoms with Crippen molar-refractivity contribution in [2.24, 2.45) is 5.41 Å². The van der Waals surface area contributed by atoms with Gasteiger partial charge in [-0.1, -0.05) is 0 Å². The Balaban J connectivity index is 3.56. The first-order valence-corrected chi connectivity index (χ1v) is 4.06. The van der Waals surface area contributed by atoms with Gasteiger partial charge in [0, 0.05) is 0 Å². The summed E-state index contributed by atoms with van der Waals surface area (Å²) in [4.78, 5) is 0. The van der Waals surface area contributed by atoms with Gasteiger partial charge in [0.2, 0.25) is 0 Å². The molecule has 39 valence electrons. The molecular weight excluding hydrogens is 191 g/mol. The van der Waals surface area contributed by atoms with Crippen molar-refractivity contribution in [3.63, 3.8) is 0 Å². The molecule has 0 rings (SSSR count). The summed E-state index contributed by atoms with van der Waals surface area (Å²) >= 11 is 1.49. The van der Waals surface area contributed by atoms with Gasteiger partial charge in [0.25, 0.3) is 0 Å². The Morgan fingerprint density at radius 3 is 1.71 bits per heavy atom. The molecule has 7 heavy (non-hydrogen) atoms. The Labute approximate surface area is 59.1 Å². The third kappa shape index (κ3) is 6.54. The Morgan fingerprint density at radius 2 is 1.71 bits per heavy atom. The van der Waals surface area contributed by atoms with E-state index in [1.165, 1.54) is 22.5 Å². The van der Waals surface area contributed by atoms with Crippen LogP contribution >= 0.6 is 0 Å². The molecule has 1 heteroatoms. The second-order valence-electron chi connectivity index (χ2n) is 2.70. The van der Waals surface area contributed by atoms with E-state index >= 15 is 0 Å². The van der Waals surface area contributed by atoms with Crippen LogP contribution in [0.25, 0.3) is 0 Å². The zero-order valence-corrected chi connectivity index (χ0v) is 8.01. The van der Waals surface area contributed by atoms with Crippen LogP contribution in [0.3, 0.4) is 0 Å². The fourth-order valence-corrected chi connectivity index (χ4v) is 1.68. The van der Waals surface area contributed by atoms with Gasteiger partial charge in [0.15, 0.2) is 0 Å². The van der Waals surface area contributed by atoms with E-state index in [1.807, 2.05) is 0 Å². The third-order valence-corrected chi connectivity index (χ3v) is 1.06. The number of allylic oxidation sites excluding steroid dienone is 1. The molecule has 0 saturated heterocycles. The van der Waals surface area contributed by atoms with Crippen molar-refractivity contribution in [3.05, 3.63) is 10.2 Å². The first-order chi connectivity index (χ1) is 3.06.